The molecule has 0 atom stereocenters. The van der Waals surface area contributed by atoms with Crippen molar-refractivity contribution in [3.8, 4) is 0 Å². The summed E-state index contributed by atoms with van der Waals surface area (Å²) in [5, 5.41) is 0. The van der Waals surface area contributed by atoms with Crippen molar-refractivity contribution in [1.82, 2.24) is 0 Å². The summed E-state index contributed by atoms with van der Waals surface area (Å²) in [7, 11) is -1.90. The van der Waals surface area contributed by atoms with Gasteiger partial charge in [0.1, 0.15) is 8.07 Å². The minimum Gasteiger partial charge on any atom is -0.289 e. The smallest absolute Gasteiger partial charge is 0.186 e. The first-order valence-corrected chi connectivity index (χ1v) is 13.5. The van der Waals surface area contributed by atoms with Crippen molar-refractivity contribution in [3.63, 3.8) is 0 Å². The lowest BCUT2D eigenvalue weighted by Crippen LogP contribution is -2.46. The number of hydrogen-bond donors (Lipinski definition) is 0. The van der Waals surface area contributed by atoms with Crippen LogP contribution in [0.3, 0.4) is 0 Å². The zero-order chi connectivity index (χ0) is 20.7. The predicted molar refractivity (Wildman–Crippen MR) is 128 cm³/mol. The Morgan fingerprint density at radius 3 is 1.75 bits per heavy atom. The predicted octanol–water partition coefficient (Wildman–Crippen LogP) is 7.90. The molecule has 0 aliphatic heterocycles. The second kappa shape index (κ2) is 10.3. The van der Waals surface area contributed by atoms with Crippen LogP contribution in [0.2, 0.25) is 16.6 Å². The van der Waals surface area contributed by atoms with Gasteiger partial charge in [-0.25, -0.2) is 0 Å². The highest BCUT2D eigenvalue weighted by Crippen LogP contribution is 2.50. The Morgan fingerprint density at radius 1 is 0.821 bits per heavy atom. The molecular weight excluding hydrogens is 376 g/mol. The minimum atomic E-state index is -1.90. The molecule has 0 aromatic heterocycles. The zero-order valence-corrected chi connectivity index (χ0v) is 19.9. The molecule has 150 valence electrons. The quantitative estimate of drug-likeness (QED) is 0.237. The molecule has 0 N–H and O–H groups in total. The van der Waals surface area contributed by atoms with Crippen molar-refractivity contribution in [3.05, 3.63) is 82.4 Å². The monoisotopic (exact) mass is 410 g/mol. The molecule has 0 amide bonds. The summed E-state index contributed by atoms with van der Waals surface area (Å²) in [6.07, 6.45) is 1.98. The van der Waals surface area contributed by atoms with Crippen LogP contribution >= 0.6 is 11.8 Å². The number of thioether (sulfide) groups is 1. The second-order valence-electron chi connectivity index (χ2n) is 8.41. The molecule has 0 aliphatic rings. The van der Waals surface area contributed by atoms with Gasteiger partial charge in [0.25, 0.3) is 0 Å². The van der Waals surface area contributed by atoms with Gasteiger partial charge in [0, 0.05) is 11.3 Å². The van der Waals surface area contributed by atoms with E-state index in [1.807, 2.05) is 48.2 Å². The SMILES string of the molecule is CC(C)[Si](/C(=C\C(=O)c1ccccc1)SCc1ccccc1)(C(C)C)C(C)C. The molecule has 2 aromatic carbocycles. The maximum atomic E-state index is 13.1. The topological polar surface area (TPSA) is 17.1 Å². The van der Waals surface area contributed by atoms with Crippen molar-refractivity contribution >= 4 is 25.6 Å². The first kappa shape index (κ1) is 22.7. The van der Waals surface area contributed by atoms with E-state index in [1.165, 1.54) is 10.1 Å². The fourth-order valence-electron chi connectivity index (χ4n) is 4.69. The van der Waals surface area contributed by atoms with E-state index in [0.717, 1.165) is 11.3 Å². The summed E-state index contributed by atoms with van der Waals surface area (Å²) in [5.74, 6) is 1.05. The van der Waals surface area contributed by atoms with E-state index >= 15 is 0 Å². The molecule has 3 heteroatoms. The van der Waals surface area contributed by atoms with Crippen LogP contribution in [-0.2, 0) is 5.75 Å². The Kier molecular flexibility index (Phi) is 8.33. The van der Waals surface area contributed by atoms with Crippen LogP contribution in [0.4, 0.5) is 0 Å². The number of carbonyl (C=O) groups excluding carboxylic acids is 1. The highest BCUT2D eigenvalue weighted by molar-refractivity contribution is 8.04. The molecule has 0 saturated carbocycles. The van der Waals surface area contributed by atoms with E-state index in [9.17, 15) is 4.79 Å². The number of benzene rings is 2. The van der Waals surface area contributed by atoms with E-state index < -0.39 is 8.07 Å². The summed E-state index contributed by atoms with van der Waals surface area (Å²) in [5.41, 5.74) is 3.81. The molecular formula is C25H34OSSi. The molecule has 0 saturated heterocycles. The summed E-state index contributed by atoms with van der Waals surface area (Å²) < 4.78 is 1.35. The minimum absolute atomic E-state index is 0.134. The molecule has 0 unspecified atom stereocenters. The third-order valence-corrected chi connectivity index (χ3v) is 15.0. The summed E-state index contributed by atoms with van der Waals surface area (Å²) >= 11 is 1.89. The van der Waals surface area contributed by atoms with Gasteiger partial charge in [-0.3, -0.25) is 4.79 Å². The molecule has 0 spiro atoms. The largest absolute Gasteiger partial charge is 0.289 e. The first-order valence-electron chi connectivity index (χ1n) is 10.3. The zero-order valence-electron chi connectivity index (χ0n) is 18.1. The first-order chi connectivity index (χ1) is 13.3. The summed E-state index contributed by atoms with van der Waals surface area (Å²) in [4.78, 5) is 13.1. The van der Waals surface area contributed by atoms with Gasteiger partial charge >= 0.3 is 0 Å². The number of hydrogen-bond acceptors (Lipinski definition) is 2. The summed E-state index contributed by atoms with van der Waals surface area (Å²) in [6.45, 7) is 14.1. The highest BCUT2D eigenvalue weighted by Gasteiger charge is 2.46. The van der Waals surface area contributed by atoms with E-state index in [0.29, 0.717) is 16.6 Å². The normalized spacial score (nSPS) is 12.8. The average molecular weight is 411 g/mol. The third-order valence-electron chi connectivity index (χ3n) is 5.85. The lowest BCUT2D eigenvalue weighted by molar-refractivity contribution is 0.104. The van der Waals surface area contributed by atoms with Gasteiger partial charge in [-0.15, -0.1) is 11.8 Å². The Balaban J connectivity index is 2.50. The van der Waals surface area contributed by atoms with Gasteiger partial charge in [-0.1, -0.05) is 102 Å². The molecule has 28 heavy (non-hydrogen) atoms. The highest BCUT2D eigenvalue weighted by atomic mass is 32.2. The van der Waals surface area contributed by atoms with Crippen LogP contribution in [-0.4, -0.2) is 13.9 Å². The molecule has 0 heterocycles. The van der Waals surface area contributed by atoms with Crippen LogP contribution in [0.15, 0.2) is 71.3 Å². The van der Waals surface area contributed by atoms with Gasteiger partial charge in [0.05, 0.1) is 0 Å². The van der Waals surface area contributed by atoms with Crippen LogP contribution < -0.4 is 0 Å². The van der Waals surface area contributed by atoms with Crippen LogP contribution in [0.1, 0.15) is 57.5 Å². The Bertz CT molecular complexity index is 757. The van der Waals surface area contributed by atoms with Gasteiger partial charge < -0.3 is 0 Å². The van der Waals surface area contributed by atoms with E-state index in [4.69, 9.17) is 0 Å². The third kappa shape index (κ3) is 5.06. The van der Waals surface area contributed by atoms with Crippen LogP contribution in [0.25, 0.3) is 0 Å². The molecule has 0 aliphatic carbocycles. The Hall–Kier alpha value is -1.58. The van der Waals surface area contributed by atoms with Crippen molar-refractivity contribution in [2.45, 2.75) is 63.9 Å². The van der Waals surface area contributed by atoms with E-state index in [-0.39, 0.29) is 5.78 Å². The van der Waals surface area contributed by atoms with Crippen molar-refractivity contribution in [1.29, 1.82) is 0 Å². The van der Waals surface area contributed by atoms with E-state index in [1.54, 1.807) is 0 Å². The Morgan fingerprint density at radius 2 is 1.29 bits per heavy atom. The van der Waals surface area contributed by atoms with E-state index in [2.05, 4.69) is 71.9 Å². The fraction of sp³-hybridized carbons (Fsp3) is 0.400. The van der Waals surface area contributed by atoms with Crippen molar-refractivity contribution in [2.75, 3.05) is 0 Å². The molecule has 0 fully saturated rings. The fourth-order valence-corrected chi connectivity index (χ4v) is 14.8. The standard InChI is InChI=1S/C25H34OSSi/c1-19(2)28(20(3)4,21(5)6)25(27-18-22-13-9-7-10-14-22)17-24(26)23-15-11-8-12-16-23/h7-17,19-21H,18H2,1-6H3/b25-17-. The number of allylic oxidation sites excluding steroid dienone is 1. The average Bonchev–Trinajstić information content (AvgIpc) is 2.67. The molecule has 0 radical (unpaired) electrons. The van der Waals surface area contributed by atoms with Gasteiger partial charge in [-0.05, 0) is 32.8 Å². The lowest BCUT2D eigenvalue weighted by Gasteiger charge is -2.44. The molecule has 1 nitrogen and oxygen atoms in total. The second-order valence-corrected chi connectivity index (χ2v) is 15.7. The number of carbonyl (C=O) groups is 1. The summed E-state index contributed by atoms with van der Waals surface area (Å²) in [6, 6.07) is 20.3. The maximum absolute atomic E-state index is 13.1. The Labute approximate surface area is 176 Å². The van der Waals surface area contributed by atoms with Crippen LogP contribution in [0, 0.1) is 0 Å². The van der Waals surface area contributed by atoms with Crippen LogP contribution in [0.5, 0.6) is 0 Å². The van der Waals surface area contributed by atoms with Crippen molar-refractivity contribution < 1.29 is 4.79 Å². The lowest BCUT2D eigenvalue weighted by atomic mass is 10.1. The number of rotatable bonds is 9. The van der Waals surface area contributed by atoms with Crippen molar-refractivity contribution in [2.24, 2.45) is 0 Å². The van der Waals surface area contributed by atoms with Gasteiger partial charge in [-0.2, -0.15) is 0 Å². The maximum Gasteiger partial charge on any atom is 0.186 e. The molecule has 0 bridgehead atoms. The molecule has 2 aromatic rings. The van der Waals surface area contributed by atoms with Gasteiger partial charge in [0.15, 0.2) is 5.78 Å². The number of ketones is 1. The molecule has 2 rings (SSSR count). The van der Waals surface area contributed by atoms with Gasteiger partial charge in [0.2, 0.25) is 0 Å².